The molecule has 1 aliphatic rings. The molecule has 1 N–H and O–H groups in total. The fraction of sp³-hybridized carbons (Fsp3) is 0.692. The van der Waals surface area contributed by atoms with Crippen LogP contribution in [0.2, 0.25) is 0 Å². The molecule has 1 aromatic rings. The predicted octanol–water partition coefficient (Wildman–Crippen LogP) is 3.20. The highest BCUT2D eigenvalue weighted by molar-refractivity contribution is 5.33. The summed E-state index contributed by atoms with van der Waals surface area (Å²) in [4.78, 5) is 9.03. The molecule has 0 radical (unpaired) electrons. The van der Waals surface area contributed by atoms with E-state index in [0.29, 0.717) is 5.92 Å². The van der Waals surface area contributed by atoms with Crippen molar-refractivity contribution in [3.8, 4) is 0 Å². The van der Waals surface area contributed by atoms with Crippen LogP contribution in [0.25, 0.3) is 0 Å². The van der Waals surface area contributed by atoms with Crippen LogP contribution < -0.4 is 5.32 Å². The lowest BCUT2D eigenvalue weighted by Gasteiger charge is -2.25. The quantitative estimate of drug-likeness (QED) is 0.848. The van der Waals surface area contributed by atoms with E-state index in [1.54, 1.807) is 0 Å². The van der Waals surface area contributed by atoms with Gasteiger partial charge in [0.05, 0.1) is 0 Å². The predicted molar refractivity (Wildman–Crippen MR) is 66.6 cm³/mol. The number of aromatic nitrogens is 2. The summed E-state index contributed by atoms with van der Waals surface area (Å²) in [6, 6.07) is 1.94. The van der Waals surface area contributed by atoms with Gasteiger partial charge in [0.25, 0.3) is 0 Å². The number of anilines is 1. The van der Waals surface area contributed by atoms with Gasteiger partial charge in [0.2, 0.25) is 0 Å². The molecule has 0 saturated heterocycles. The summed E-state index contributed by atoms with van der Waals surface area (Å²) in [5, 5.41) is 3.25. The number of hydrogen-bond acceptors (Lipinski definition) is 3. The Morgan fingerprint density at radius 2 is 2.31 bits per heavy atom. The van der Waals surface area contributed by atoms with Gasteiger partial charge in [-0.3, -0.25) is 0 Å². The molecule has 3 nitrogen and oxygen atoms in total. The Morgan fingerprint density at radius 1 is 1.44 bits per heavy atom. The average molecular weight is 219 g/mol. The number of hydrogen-bond donors (Lipinski definition) is 1. The standard InChI is InChI=1S/C13H21N3/c1-3-14-12-7-8-15-13(16-12)11-6-4-5-10(2)9-11/h7-8,10-11H,3-6,9H2,1-2H3,(H,14,15,16). The normalized spacial score (nSPS) is 25.4. The van der Waals surface area contributed by atoms with Crippen molar-refractivity contribution in [3.05, 3.63) is 18.1 Å². The van der Waals surface area contributed by atoms with Crippen LogP contribution in [0.4, 0.5) is 5.82 Å². The van der Waals surface area contributed by atoms with Crippen LogP contribution in [-0.2, 0) is 0 Å². The Balaban J connectivity index is 2.09. The summed E-state index contributed by atoms with van der Waals surface area (Å²) in [6.07, 6.45) is 7.05. The third kappa shape index (κ3) is 2.71. The SMILES string of the molecule is CCNc1ccnc(C2CCCC(C)C2)n1. The van der Waals surface area contributed by atoms with E-state index in [1.165, 1.54) is 25.7 Å². The molecule has 2 unspecified atom stereocenters. The molecule has 0 spiro atoms. The topological polar surface area (TPSA) is 37.8 Å². The molecule has 0 aliphatic heterocycles. The summed E-state index contributed by atoms with van der Waals surface area (Å²) < 4.78 is 0. The minimum Gasteiger partial charge on any atom is -0.370 e. The fourth-order valence-electron chi connectivity index (χ4n) is 2.52. The molecular weight excluding hydrogens is 198 g/mol. The molecule has 1 saturated carbocycles. The second kappa shape index (κ2) is 5.28. The van der Waals surface area contributed by atoms with Gasteiger partial charge in [0, 0.05) is 18.7 Å². The van der Waals surface area contributed by atoms with Gasteiger partial charge in [0.1, 0.15) is 11.6 Å². The highest BCUT2D eigenvalue weighted by atomic mass is 15.0. The van der Waals surface area contributed by atoms with Gasteiger partial charge in [-0.2, -0.15) is 0 Å². The first-order chi connectivity index (χ1) is 7.79. The molecule has 88 valence electrons. The van der Waals surface area contributed by atoms with Gasteiger partial charge in [-0.25, -0.2) is 9.97 Å². The van der Waals surface area contributed by atoms with Crippen LogP contribution in [0.15, 0.2) is 12.3 Å². The van der Waals surface area contributed by atoms with Crippen molar-refractivity contribution >= 4 is 5.82 Å². The number of nitrogens with zero attached hydrogens (tertiary/aromatic N) is 2. The summed E-state index contributed by atoms with van der Waals surface area (Å²) in [7, 11) is 0. The molecule has 2 rings (SSSR count). The molecule has 2 atom stereocenters. The largest absolute Gasteiger partial charge is 0.370 e. The van der Waals surface area contributed by atoms with E-state index in [4.69, 9.17) is 0 Å². The zero-order chi connectivity index (χ0) is 11.4. The van der Waals surface area contributed by atoms with E-state index >= 15 is 0 Å². The first kappa shape index (κ1) is 11.4. The fourth-order valence-corrected chi connectivity index (χ4v) is 2.52. The van der Waals surface area contributed by atoms with E-state index in [2.05, 4.69) is 29.1 Å². The lowest BCUT2D eigenvalue weighted by molar-refractivity contribution is 0.335. The maximum atomic E-state index is 4.60. The second-order valence-electron chi connectivity index (χ2n) is 4.80. The molecule has 0 bridgehead atoms. The van der Waals surface area contributed by atoms with E-state index in [9.17, 15) is 0 Å². The van der Waals surface area contributed by atoms with Crippen molar-refractivity contribution in [1.29, 1.82) is 0 Å². The van der Waals surface area contributed by atoms with E-state index < -0.39 is 0 Å². The van der Waals surface area contributed by atoms with Crippen molar-refractivity contribution in [2.45, 2.75) is 45.4 Å². The summed E-state index contributed by atoms with van der Waals surface area (Å²) in [5.41, 5.74) is 0. The van der Waals surface area contributed by atoms with Crippen LogP contribution in [0, 0.1) is 5.92 Å². The lowest BCUT2D eigenvalue weighted by atomic mass is 9.82. The monoisotopic (exact) mass is 219 g/mol. The zero-order valence-electron chi connectivity index (χ0n) is 10.2. The van der Waals surface area contributed by atoms with Crippen LogP contribution in [0.1, 0.15) is 51.3 Å². The maximum Gasteiger partial charge on any atom is 0.133 e. The molecule has 1 fully saturated rings. The molecule has 1 aliphatic carbocycles. The molecule has 1 aromatic heterocycles. The number of rotatable bonds is 3. The van der Waals surface area contributed by atoms with Crippen molar-refractivity contribution in [2.75, 3.05) is 11.9 Å². The Hall–Kier alpha value is -1.12. The highest BCUT2D eigenvalue weighted by Crippen LogP contribution is 2.34. The average Bonchev–Trinajstić information content (AvgIpc) is 2.30. The van der Waals surface area contributed by atoms with Gasteiger partial charge >= 0.3 is 0 Å². The molecular formula is C13H21N3. The lowest BCUT2D eigenvalue weighted by Crippen LogP contribution is -2.15. The first-order valence-corrected chi connectivity index (χ1v) is 6.36. The van der Waals surface area contributed by atoms with Gasteiger partial charge in [0.15, 0.2) is 0 Å². The second-order valence-corrected chi connectivity index (χ2v) is 4.80. The molecule has 0 aromatic carbocycles. The van der Waals surface area contributed by atoms with Crippen LogP contribution in [0.5, 0.6) is 0 Å². The third-order valence-corrected chi connectivity index (χ3v) is 3.33. The van der Waals surface area contributed by atoms with Gasteiger partial charge < -0.3 is 5.32 Å². The van der Waals surface area contributed by atoms with Crippen molar-refractivity contribution < 1.29 is 0 Å². The minimum absolute atomic E-state index is 0.572. The molecule has 0 amide bonds. The van der Waals surface area contributed by atoms with E-state index in [-0.39, 0.29) is 0 Å². The third-order valence-electron chi connectivity index (χ3n) is 3.33. The highest BCUT2D eigenvalue weighted by Gasteiger charge is 2.22. The van der Waals surface area contributed by atoms with Crippen molar-refractivity contribution in [3.63, 3.8) is 0 Å². The van der Waals surface area contributed by atoms with Gasteiger partial charge in [-0.15, -0.1) is 0 Å². The molecule has 1 heterocycles. The van der Waals surface area contributed by atoms with Crippen LogP contribution >= 0.6 is 0 Å². The molecule has 16 heavy (non-hydrogen) atoms. The minimum atomic E-state index is 0.572. The van der Waals surface area contributed by atoms with Gasteiger partial charge in [-0.05, 0) is 31.7 Å². The van der Waals surface area contributed by atoms with Crippen molar-refractivity contribution in [1.82, 2.24) is 9.97 Å². The Kier molecular flexibility index (Phi) is 3.75. The smallest absolute Gasteiger partial charge is 0.133 e. The van der Waals surface area contributed by atoms with Crippen LogP contribution in [0.3, 0.4) is 0 Å². The van der Waals surface area contributed by atoms with E-state index in [1.807, 2.05) is 12.3 Å². The number of nitrogens with one attached hydrogen (secondary N) is 1. The molecule has 3 heteroatoms. The van der Waals surface area contributed by atoms with E-state index in [0.717, 1.165) is 24.1 Å². The zero-order valence-corrected chi connectivity index (χ0v) is 10.2. The summed E-state index contributed by atoms with van der Waals surface area (Å²) >= 11 is 0. The Labute approximate surface area is 97.7 Å². The van der Waals surface area contributed by atoms with Gasteiger partial charge in [-0.1, -0.05) is 19.8 Å². The maximum absolute atomic E-state index is 4.60. The van der Waals surface area contributed by atoms with Crippen molar-refractivity contribution in [2.24, 2.45) is 5.92 Å². The Bertz CT molecular complexity index is 338. The Morgan fingerprint density at radius 3 is 3.06 bits per heavy atom. The summed E-state index contributed by atoms with van der Waals surface area (Å²) in [5.74, 6) is 3.39. The van der Waals surface area contributed by atoms with Crippen LogP contribution in [-0.4, -0.2) is 16.5 Å². The summed E-state index contributed by atoms with van der Waals surface area (Å²) in [6.45, 7) is 5.34. The first-order valence-electron chi connectivity index (χ1n) is 6.36.